The number of phosphoric acid groups is 1. The van der Waals surface area contributed by atoms with Gasteiger partial charge in [0.05, 0.1) is 34.4 Å². The quantitative estimate of drug-likeness (QED) is 0.0303. The summed E-state index contributed by atoms with van der Waals surface area (Å²) in [5, 5.41) is 0. The minimum Gasteiger partial charge on any atom is -0.457 e. The van der Waals surface area contributed by atoms with E-state index in [0.717, 1.165) is 19.3 Å². The third-order valence-electron chi connectivity index (χ3n) is 6.57. The fraction of sp³-hybridized carbons (Fsp3) is 0.844. The van der Waals surface area contributed by atoms with Gasteiger partial charge in [0.15, 0.2) is 0 Å². The Labute approximate surface area is 252 Å². The first-order chi connectivity index (χ1) is 19.6. The molecular formula is C32H63NO7P+. The molecule has 0 aromatic heterocycles. The van der Waals surface area contributed by atoms with Gasteiger partial charge in [0.2, 0.25) is 0 Å². The Hall–Kier alpha value is -1.02. The van der Waals surface area contributed by atoms with E-state index in [-0.39, 0.29) is 26.2 Å². The van der Waals surface area contributed by atoms with Crippen LogP contribution in [0.5, 0.6) is 0 Å². The van der Waals surface area contributed by atoms with Crippen LogP contribution in [0.15, 0.2) is 24.3 Å². The van der Waals surface area contributed by atoms with Crippen molar-refractivity contribution < 1.29 is 37.3 Å². The molecular weight excluding hydrogens is 541 g/mol. The fourth-order valence-electron chi connectivity index (χ4n) is 3.97. The molecule has 0 bridgehead atoms. The summed E-state index contributed by atoms with van der Waals surface area (Å²) >= 11 is 0. The summed E-state index contributed by atoms with van der Waals surface area (Å²) in [7, 11) is 1.65. The molecule has 0 aromatic carbocycles. The minimum atomic E-state index is -4.23. The van der Waals surface area contributed by atoms with Gasteiger partial charge in [0, 0.05) is 13.0 Å². The predicted octanol–water partition coefficient (Wildman–Crippen LogP) is 8.15. The van der Waals surface area contributed by atoms with Gasteiger partial charge in [-0.05, 0) is 38.5 Å². The lowest BCUT2D eigenvalue weighted by molar-refractivity contribution is -0.870. The molecule has 242 valence electrons. The normalized spacial score (nSPS) is 14.6. The maximum absolute atomic E-state index is 12.1. The number of rotatable bonds is 29. The summed E-state index contributed by atoms with van der Waals surface area (Å²) in [5.41, 5.74) is 0. The van der Waals surface area contributed by atoms with Gasteiger partial charge in [-0.3, -0.25) is 13.8 Å². The standard InChI is InChI=1S/C32H62NO7P/c1-6-8-9-10-11-12-13-14-15-16-17-18-19-20-21-22-23-24-25-27-37-29-31(40-32(34)7-2)30-39-41(35,36)38-28-26-33(3,4)5/h12-13,15-16,31H,6-11,14,17-30H2,1-5H3/p+1/b13-12-,16-15-. The molecule has 0 aliphatic carbocycles. The number of likely N-dealkylation sites (N-methyl/N-ethyl adjacent to an activating group) is 1. The van der Waals surface area contributed by atoms with E-state index in [1.54, 1.807) is 6.92 Å². The van der Waals surface area contributed by atoms with Crippen LogP contribution >= 0.6 is 7.82 Å². The number of carbonyl (C=O) groups is 1. The lowest BCUT2D eigenvalue weighted by Gasteiger charge is -2.24. The molecule has 0 aromatic rings. The molecule has 41 heavy (non-hydrogen) atoms. The van der Waals surface area contributed by atoms with Gasteiger partial charge in [-0.2, -0.15) is 0 Å². The van der Waals surface area contributed by atoms with Gasteiger partial charge in [-0.1, -0.05) is 95.9 Å². The van der Waals surface area contributed by atoms with Crippen molar-refractivity contribution in [1.82, 2.24) is 0 Å². The van der Waals surface area contributed by atoms with Crippen LogP contribution in [0, 0.1) is 0 Å². The maximum Gasteiger partial charge on any atom is 0.472 e. The molecule has 0 amide bonds. The smallest absolute Gasteiger partial charge is 0.457 e. The van der Waals surface area contributed by atoms with Crippen LogP contribution < -0.4 is 0 Å². The number of nitrogens with zero attached hydrogens (tertiary/aromatic N) is 1. The van der Waals surface area contributed by atoms with Crippen LogP contribution in [0.3, 0.4) is 0 Å². The minimum absolute atomic E-state index is 0.0853. The zero-order chi connectivity index (χ0) is 30.7. The fourth-order valence-corrected chi connectivity index (χ4v) is 4.71. The van der Waals surface area contributed by atoms with E-state index in [1.807, 2.05) is 21.1 Å². The van der Waals surface area contributed by atoms with Gasteiger partial charge in [-0.15, -0.1) is 0 Å². The second-order valence-corrected chi connectivity index (χ2v) is 13.3. The van der Waals surface area contributed by atoms with Gasteiger partial charge in [0.25, 0.3) is 0 Å². The Morgan fingerprint density at radius 3 is 1.88 bits per heavy atom. The highest BCUT2D eigenvalue weighted by Gasteiger charge is 2.26. The molecule has 0 heterocycles. The van der Waals surface area contributed by atoms with Gasteiger partial charge in [0.1, 0.15) is 19.3 Å². The zero-order valence-electron chi connectivity index (χ0n) is 27.0. The lowest BCUT2D eigenvalue weighted by atomic mass is 10.1. The van der Waals surface area contributed by atoms with Gasteiger partial charge < -0.3 is 18.9 Å². The summed E-state index contributed by atoms with van der Waals surface area (Å²) in [6.45, 7) is 5.01. The summed E-state index contributed by atoms with van der Waals surface area (Å²) in [5.74, 6) is -0.405. The van der Waals surface area contributed by atoms with Crippen molar-refractivity contribution in [2.75, 3.05) is 54.1 Å². The first kappa shape index (κ1) is 40.0. The average Bonchev–Trinajstić information content (AvgIpc) is 2.91. The molecule has 0 rings (SSSR count). The van der Waals surface area contributed by atoms with Crippen LogP contribution in [-0.4, -0.2) is 75.6 Å². The number of ether oxygens (including phenoxy) is 2. The molecule has 1 N–H and O–H groups in total. The Morgan fingerprint density at radius 1 is 0.756 bits per heavy atom. The molecule has 0 spiro atoms. The summed E-state index contributed by atoms with van der Waals surface area (Å²) < 4.78 is 33.8. The van der Waals surface area contributed by atoms with E-state index < -0.39 is 19.9 Å². The zero-order valence-corrected chi connectivity index (χ0v) is 27.9. The second kappa shape index (κ2) is 26.6. The van der Waals surface area contributed by atoms with Crippen LogP contribution in [-0.2, 0) is 27.9 Å². The van der Waals surface area contributed by atoms with Gasteiger partial charge >= 0.3 is 13.8 Å². The number of hydrogen-bond donors (Lipinski definition) is 1. The SMILES string of the molecule is CCCCCC/C=C\C/C=C\CCCCCCCCCCOCC(COP(=O)(O)OCC[N+](C)(C)C)OC(=O)CC. The van der Waals surface area contributed by atoms with Crippen LogP contribution in [0.4, 0.5) is 0 Å². The highest BCUT2D eigenvalue weighted by molar-refractivity contribution is 7.47. The third-order valence-corrected chi connectivity index (χ3v) is 7.55. The van der Waals surface area contributed by atoms with E-state index in [2.05, 4.69) is 31.2 Å². The van der Waals surface area contributed by atoms with Crippen molar-refractivity contribution in [2.24, 2.45) is 0 Å². The Balaban J connectivity index is 3.81. The molecule has 9 heteroatoms. The number of carbonyl (C=O) groups excluding carboxylic acids is 1. The molecule has 0 saturated carbocycles. The number of phosphoric ester groups is 1. The molecule has 2 unspecified atom stereocenters. The van der Waals surface area contributed by atoms with Gasteiger partial charge in [-0.25, -0.2) is 4.57 Å². The van der Waals surface area contributed by atoms with Crippen LogP contribution in [0.1, 0.15) is 117 Å². The number of hydrogen-bond acceptors (Lipinski definition) is 6. The number of esters is 1. The van der Waals surface area contributed by atoms with Crippen molar-refractivity contribution in [3.8, 4) is 0 Å². The first-order valence-corrected chi connectivity index (χ1v) is 17.6. The molecule has 0 fully saturated rings. The van der Waals surface area contributed by atoms with Crippen LogP contribution in [0.2, 0.25) is 0 Å². The molecule has 0 radical (unpaired) electrons. The number of unbranched alkanes of at least 4 members (excludes halogenated alkanes) is 12. The number of quaternary nitrogens is 1. The predicted molar refractivity (Wildman–Crippen MR) is 169 cm³/mol. The second-order valence-electron chi connectivity index (χ2n) is 11.8. The average molecular weight is 605 g/mol. The molecule has 0 aliphatic heterocycles. The molecule has 2 atom stereocenters. The molecule has 0 aliphatic rings. The maximum atomic E-state index is 12.1. The van der Waals surface area contributed by atoms with Crippen molar-refractivity contribution in [2.45, 2.75) is 123 Å². The van der Waals surface area contributed by atoms with E-state index in [9.17, 15) is 14.3 Å². The summed E-state index contributed by atoms with van der Waals surface area (Å²) in [6.07, 6.45) is 27.1. The lowest BCUT2D eigenvalue weighted by Crippen LogP contribution is -2.37. The van der Waals surface area contributed by atoms with Crippen molar-refractivity contribution in [3.63, 3.8) is 0 Å². The molecule has 8 nitrogen and oxygen atoms in total. The summed E-state index contributed by atoms with van der Waals surface area (Å²) in [4.78, 5) is 21.7. The first-order valence-electron chi connectivity index (χ1n) is 16.1. The summed E-state index contributed by atoms with van der Waals surface area (Å²) in [6, 6.07) is 0. The third kappa shape index (κ3) is 30.2. The van der Waals surface area contributed by atoms with Crippen molar-refractivity contribution >= 4 is 13.8 Å². The Bertz CT molecular complexity index is 721. The highest BCUT2D eigenvalue weighted by atomic mass is 31.2. The van der Waals surface area contributed by atoms with E-state index in [1.165, 1.54) is 77.0 Å². The van der Waals surface area contributed by atoms with Crippen molar-refractivity contribution in [3.05, 3.63) is 24.3 Å². The largest absolute Gasteiger partial charge is 0.472 e. The van der Waals surface area contributed by atoms with E-state index in [4.69, 9.17) is 18.5 Å². The highest BCUT2D eigenvalue weighted by Crippen LogP contribution is 2.43. The molecule has 0 saturated heterocycles. The Kier molecular flexibility index (Phi) is 25.9. The van der Waals surface area contributed by atoms with Crippen LogP contribution in [0.25, 0.3) is 0 Å². The van der Waals surface area contributed by atoms with Crippen molar-refractivity contribution in [1.29, 1.82) is 0 Å². The topological polar surface area (TPSA) is 91.3 Å². The monoisotopic (exact) mass is 604 g/mol. The van der Waals surface area contributed by atoms with E-state index >= 15 is 0 Å². The Morgan fingerprint density at radius 2 is 1.32 bits per heavy atom. The number of allylic oxidation sites excluding steroid dienone is 4. The van der Waals surface area contributed by atoms with E-state index in [0.29, 0.717) is 17.6 Å².